The molecule has 1 N–H and O–H groups in total. The van der Waals surface area contributed by atoms with Crippen molar-refractivity contribution < 1.29 is 14.3 Å². The van der Waals surface area contributed by atoms with Crippen LogP contribution in [0.25, 0.3) is 0 Å². The molecule has 0 aromatic heterocycles. The summed E-state index contributed by atoms with van der Waals surface area (Å²) in [5, 5.41) is 2.50. The second-order valence-electron chi connectivity index (χ2n) is 2.63. The molecular weight excluding hydrogens is 160 g/mol. The molecule has 0 aliphatic carbocycles. The molecule has 0 aromatic rings. The Morgan fingerprint density at radius 1 is 1.83 bits per heavy atom. The summed E-state index contributed by atoms with van der Waals surface area (Å²) in [6, 6.07) is -0.726. The summed E-state index contributed by atoms with van der Waals surface area (Å²) in [6.07, 6.45) is 0. The van der Waals surface area contributed by atoms with Crippen LogP contribution in [-0.2, 0) is 9.53 Å². The van der Waals surface area contributed by atoms with Gasteiger partial charge in [-0.2, -0.15) is 0 Å². The Labute approximate surface area is 70.7 Å². The van der Waals surface area contributed by atoms with Gasteiger partial charge in [-0.1, -0.05) is 0 Å². The molecular formula is C7H12N2O3. The van der Waals surface area contributed by atoms with Crippen molar-refractivity contribution >= 4 is 12.0 Å². The Hall–Kier alpha value is -1.26. The van der Waals surface area contributed by atoms with Crippen molar-refractivity contribution in [1.82, 2.24) is 10.2 Å². The smallest absolute Gasteiger partial charge is 0.330 e. The largest absolute Gasteiger partial charge is 0.464 e. The van der Waals surface area contributed by atoms with Gasteiger partial charge in [-0.25, -0.2) is 9.59 Å². The molecule has 2 amide bonds. The van der Waals surface area contributed by atoms with Crippen LogP contribution in [0, 0.1) is 0 Å². The lowest BCUT2D eigenvalue weighted by Crippen LogP contribution is -2.35. The fourth-order valence-electron chi connectivity index (χ4n) is 1.04. The molecule has 1 rings (SSSR count). The van der Waals surface area contributed by atoms with Gasteiger partial charge in [-0.15, -0.1) is 0 Å². The molecule has 12 heavy (non-hydrogen) atoms. The van der Waals surface area contributed by atoms with E-state index in [-0.39, 0.29) is 12.0 Å². The first kappa shape index (κ1) is 8.83. The number of hydrogen-bond acceptors (Lipinski definition) is 3. The number of likely N-dealkylation sites (N-methyl/N-ethyl adjacent to an activating group) is 1. The SMILES string of the molecule is CCOC(=O)[C@@H]1CN(C)C(=O)N1. The molecule has 0 aromatic carbocycles. The molecule has 1 aliphatic rings. The average molecular weight is 172 g/mol. The van der Waals surface area contributed by atoms with E-state index in [0.29, 0.717) is 13.2 Å². The highest BCUT2D eigenvalue weighted by molar-refractivity contribution is 5.87. The van der Waals surface area contributed by atoms with Gasteiger partial charge in [-0.3, -0.25) is 0 Å². The molecule has 68 valence electrons. The maximum atomic E-state index is 11.1. The summed E-state index contributed by atoms with van der Waals surface area (Å²) in [6.45, 7) is 2.46. The van der Waals surface area contributed by atoms with Crippen molar-refractivity contribution in [3.63, 3.8) is 0 Å². The number of esters is 1. The van der Waals surface area contributed by atoms with Crippen LogP contribution in [0.2, 0.25) is 0 Å². The van der Waals surface area contributed by atoms with Crippen molar-refractivity contribution in [1.29, 1.82) is 0 Å². The third-order valence-electron chi connectivity index (χ3n) is 1.67. The summed E-state index contributed by atoms with van der Waals surface area (Å²) in [5.74, 6) is -0.366. The number of nitrogens with one attached hydrogen (secondary N) is 1. The molecule has 0 bridgehead atoms. The lowest BCUT2D eigenvalue weighted by atomic mass is 10.3. The number of nitrogens with zero attached hydrogens (tertiary/aromatic N) is 1. The Morgan fingerprint density at radius 3 is 2.92 bits per heavy atom. The van der Waals surface area contributed by atoms with Crippen LogP contribution in [0.4, 0.5) is 4.79 Å². The number of hydrogen-bond donors (Lipinski definition) is 1. The fourth-order valence-corrected chi connectivity index (χ4v) is 1.04. The average Bonchev–Trinajstić information content (AvgIpc) is 2.33. The summed E-state index contributed by atoms with van der Waals surface area (Å²) < 4.78 is 4.74. The van der Waals surface area contributed by atoms with Gasteiger partial charge in [0.15, 0.2) is 0 Å². The first-order valence-corrected chi connectivity index (χ1v) is 3.83. The van der Waals surface area contributed by atoms with E-state index in [1.165, 1.54) is 4.90 Å². The van der Waals surface area contributed by atoms with Gasteiger partial charge in [0.1, 0.15) is 6.04 Å². The predicted octanol–water partition coefficient (Wildman–Crippen LogP) is -0.427. The van der Waals surface area contributed by atoms with Gasteiger partial charge in [0.2, 0.25) is 0 Å². The van der Waals surface area contributed by atoms with E-state index < -0.39 is 6.04 Å². The minimum absolute atomic E-state index is 0.229. The Balaban J connectivity index is 2.46. The molecule has 1 fully saturated rings. The molecule has 1 heterocycles. The zero-order valence-electron chi connectivity index (χ0n) is 7.16. The van der Waals surface area contributed by atoms with E-state index in [2.05, 4.69) is 5.32 Å². The van der Waals surface area contributed by atoms with Crippen LogP contribution in [0.15, 0.2) is 0 Å². The summed E-state index contributed by atoms with van der Waals surface area (Å²) >= 11 is 0. The molecule has 1 aliphatic heterocycles. The summed E-state index contributed by atoms with van der Waals surface area (Å²) in [4.78, 5) is 23.4. The van der Waals surface area contributed by atoms with Crippen molar-refractivity contribution in [3.8, 4) is 0 Å². The Kier molecular flexibility index (Phi) is 2.52. The lowest BCUT2D eigenvalue weighted by molar-refractivity contribution is -0.144. The van der Waals surface area contributed by atoms with Crippen molar-refractivity contribution in [3.05, 3.63) is 0 Å². The van der Waals surface area contributed by atoms with Crippen LogP contribution in [-0.4, -0.2) is 43.1 Å². The van der Waals surface area contributed by atoms with Crippen LogP contribution in [0.1, 0.15) is 6.92 Å². The van der Waals surface area contributed by atoms with Crippen molar-refractivity contribution in [2.24, 2.45) is 0 Å². The molecule has 5 heteroatoms. The topological polar surface area (TPSA) is 58.6 Å². The summed E-state index contributed by atoms with van der Waals surface area (Å²) in [5.41, 5.74) is 0. The molecule has 0 radical (unpaired) electrons. The molecule has 1 saturated heterocycles. The zero-order valence-corrected chi connectivity index (χ0v) is 7.16. The second kappa shape index (κ2) is 3.42. The minimum atomic E-state index is -0.498. The summed E-state index contributed by atoms with van der Waals surface area (Å²) in [7, 11) is 1.63. The third kappa shape index (κ3) is 1.66. The monoisotopic (exact) mass is 172 g/mol. The fraction of sp³-hybridized carbons (Fsp3) is 0.714. The first-order valence-electron chi connectivity index (χ1n) is 3.83. The first-order chi connectivity index (χ1) is 5.65. The minimum Gasteiger partial charge on any atom is -0.464 e. The number of rotatable bonds is 2. The van der Waals surface area contributed by atoms with Crippen LogP contribution >= 0.6 is 0 Å². The zero-order chi connectivity index (χ0) is 9.14. The Bertz CT molecular complexity index is 205. The van der Waals surface area contributed by atoms with E-state index in [4.69, 9.17) is 4.74 Å². The molecule has 0 spiro atoms. The highest BCUT2D eigenvalue weighted by Gasteiger charge is 2.31. The van der Waals surface area contributed by atoms with Crippen LogP contribution in [0.5, 0.6) is 0 Å². The maximum absolute atomic E-state index is 11.1. The highest BCUT2D eigenvalue weighted by atomic mass is 16.5. The van der Waals surface area contributed by atoms with Crippen molar-refractivity contribution in [2.45, 2.75) is 13.0 Å². The predicted molar refractivity (Wildman–Crippen MR) is 41.6 cm³/mol. The molecule has 1 atom stereocenters. The Morgan fingerprint density at radius 2 is 2.50 bits per heavy atom. The van der Waals surface area contributed by atoms with Gasteiger partial charge in [0.25, 0.3) is 0 Å². The van der Waals surface area contributed by atoms with Crippen molar-refractivity contribution in [2.75, 3.05) is 20.2 Å². The van der Waals surface area contributed by atoms with Crippen LogP contribution < -0.4 is 5.32 Å². The number of carbonyl (C=O) groups is 2. The van der Waals surface area contributed by atoms with Gasteiger partial charge >= 0.3 is 12.0 Å². The molecule has 5 nitrogen and oxygen atoms in total. The van der Waals surface area contributed by atoms with E-state index in [0.717, 1.165) is 0 Å². The highest BCUT2D eigenvalue weighted by Crippen LogP contribution is 2.02. The van der Waals surface area contributed by atoms with Gasteiger partial charge in [0, 0.05) is 7.05 Å². The van der Waals surface area contributed by atoms with E-state index in [1.807, 2.05) is 0 Å². The maximum Gasteiger partial charge on any atom is 0.330 e. The second-order valence-corrected chi connectivity index (χ2v) is 2.63. The standard InChI is InChI=1S/C7H12N2O3/c1-3-12-6(10)5-4-9(2)7(11)8-5/h5H,3-4H2,1-2H3,(H,8,11)/t5-/m0/s1. The van der Waals surface area contributed by atoms with E-state index in [9.17, 15) is 9.59 Å². The van der Waals surface area contributed by atoms with Crippen LogP contribution in [0.3, 0.4) is 0 Å². The molecule has 0 unspecified atom stereocenters. The normalized spacial score (nSPS) is 22.3. The number of amides is 2. The number of carbonyl (C=O) groups excluding carboxylic acids is 2. The number of ether oxygens (including phenoxy) is 1. The van der Waals surface area contributed by atoms with E-state index >= 15 is 0 Å². The quantitative estimate of drug-likeness (QED) is 0.575. The van der Waals surface area contributed by atoms with Gasteiger partial charge in [0.05, 0.1) is 13.2 Å². The van der Waals surface area contributed by atoms with Gasteiger partial charge in [-0.05, 0) is 6.92 Å². The van der Waals surface area contributed by atoms with E-state index in [1.54, 1.807) is 14.0 Å². The van der Waals surface area contributed by atoms with Gasteiger partial charge < -0.3 is 15.0 Å². The molecule has 0 saturated carbocycles. The third-order valence-corrected chi connectivity index (χ3v) is 1.67. The number of urea groups is 1. The lowest BCUT2D eigenvalue weighted by Gasteiger charge is -2.07.